The molecule has 4 heterocycles. The van der Waals surface area contributed by atoms with Crippen LogP contribution in [0.25, 0.3) is 0 Å². The zero-order valence-electron chi connectivity index (χ0n) is 18.6. The molecule has 0 radical (unpaired) electrons. The summed E-state index contributed by atoms with van der Waals surface area (Å²) in [5.41, 5.74) is 2.57. The lowest BCUT2D eigenvalue weighted by molar-refractivity contribution is -0.141. The molecule has 3 aliphatic heterocycles. The third-order valence-corrected chi connectivity index (χ3v) is 8.10. The molecule has 170 valence electrons. The maximum absolute atomic E-state index is 13.2. The monoisotopic (exact) mass is 446 g/mol. The molecule has 3 saturated heterocycles. The summed E-state index contributed by atoms with van der Waals surface area (Å²) in [4.78, 5) is 49.0. The van der Waals surface area contributed by atoms with E-state index in [0.717, 1.165) is 81.6 Å². The summed E-state index contributed by atoms with van der Waals surface area (Å²) in [7, 11) is 0. The highest BCUT2D eigenvalue weighted by atomic mass is 32.1. The van der Waals surface area contributed by atoms with Gasteiger partial charge in [0.1, 0.15) is 4.88 Å². The van der Waals surface area contributed by atoms with Gasteiger partial charge in [-0.3, -0.25) is 14.4 Å². The largest absolute Gasteiger partial charge is 0.341 e. The molecular weight excluding hydrogens is 412 g/mol. The lowest BCUT2D eigenvalue weighted by Crippen LogP contribution is -2.52. The summed E-state index contributed by atoms with van der Waals surface area (Å²) < 4.78 is 0. The Kier molecular flexibility index (Phi) is 7.25. The van der Waals surface area contributed by atoms with Gasteiger partial charge >= 0.3 is 0 Å². The lowest BCUT2D eigenvalue weighted by atomic mass is 9.83. The van der Waals surface area contributed by atoms with Crippen LogP contribution in [0.1, 0.15) is 73.2 Å². The minimum atomic E-state index is 0.0746. The van der Waals surface area contributed by atoms with E-state index < -0.39 is 0 Å². The molecule has 0 N–H and O–H groups in total. The van der Waals surface area contributed by atoms with E-state index in [4.69, 9.17) is 0 Å². The maximum atomic E-state index is 13.2. The summed E-state index contributed by atoms with van der Waals surface area (Å²) in [5.74, 6) is 0.755. The molecule has 3 aliphatic rings. The van der Waals surface area contributed by atoms with Crippen LogP contribution >= 0.6 is 11.3 Å². The molecule has 8 heteroatoms. The second-order valence-electron chi connectivity index (χ2n) is 9.17. The maximum Gasteiger partial charge on any atom is 0.266 e. The van der Waals surface area contributed by atoms with Crippen LogP contribution in [0, 0.1) is 12.8 Å². The van der Waals surface area contributed by atoms with Gasteiger partial charge in [0, 0.05) is 38.6 Å². The number of carbonyl (C=O) groups is 3. The van der Waals surface area contributed by atoms with Crippen molar-refractivity contribution in [2.75, 3.05) is 32.7 Å². The van der Waals surface area contributed by atoms with Crippen LogP contribution in [0.15, 0.2) is 5.51 Å². The Balaban J connectivity index is 1.33. The van der Waals surface area contributed by atoms with Crippen LogP contribution < -0.4 is 0 Å². The lowest BCUT2D eigenvalue weighted by Gasteiger charge is -2.43. The Labute approximate surface area is 188 Å². The zero-order chi connectivity index (χ0) is 21.8. The molecule has 1 aromatic heterocycles. The van der Waals surface area contributed by atoms with Gasteiger partial charge in [0.15, 0.2) is 0 Å². The van der Waals surface area contributed by atoms with Gasteiger partial charge in [-0.15, -0.1) is 11.3 Å². The fourth-order valence-corrected chi connectivity index (χ4v) is 6.10. The van der Waals surface area contributed by atoms with E-state index in [0.29, 0.717) is 18.9 Å². The van der Waals surface area contributed by atoms with Gasteiger partial charge in [-0.25, -0.2) is 4.98 Å². The van der Waals surface area contributed by atoms with Gasteiger partial charge in [-0.05, 0) is 57.8 Å². The number of thiazole rings is 1. The smallest absolute Gasteiger partial charge is 0.266 e. The molecule has 1 aromatic rings. The molecule has 0 saturated carbocycles. The number of aromatic nitrogens is 1. The van der Waals surface area contributed by atoms with E-state index in [1.165, 1.54) is 11.3 Å². The summed E-state index contributed by atoms with van der Waals surface area (Å²) in [6.45, 7) is 5.10. The fourth-order valence-electron chi connectivity index (χ4n) is 5.34. The number of hydrogen-bond donors (Lipinski definition) is 0. The van der Waals surface area contributed by atoms with Gasteiger partial charge in [-0.2, -0.15) is 0 Å². The number of aryl methyl sites for hydroxylation is 1. The first-order valence-corrected chi connectivity index (χ1v) is 12.7. The molecule has 0 aliphatic carbocycles. The van der Waals surface area contributed by atoms with E-state index in [-0.39, 0.29) is 30.3 Å². The van der Waals surface area contributed by atoms with Crippen molar-refractivity contribution in [3.63, 3.8) is 0 Å². The van der Waals surface area contributed by atoms with Crippen molar-refractivity contribution in [2.45, 2.75) is 70.8 Å². The second kappa shape index (κ2) is 10.1. The fraction of sp³-hybridized carbons (Fsp3) is 0.739. The van der Waals surface area contributed by atoms with Crippen LogP contribution in [-0.2, 0) is 9.59 Å². The van der Waals surface area contributed by atoms with E-state index >= 15 is 0 Å². The average Bonchev–Trinajstić information content (AvgIpc) is 3.12. The molecule has 0 bridgehead atoms. The first-order chi connectivity index (χ1) is 15.0. The van der Waals surface area contributed by atoms with Gasteiger partial charge in [0.25, 0.3) is 5.91 Å². The zero-order valence-corrected chi connectivity index (χ0v) is 19.4. The van der Waals surface area contributed by atoms with E-state index in [9.17, 15) is 14.4 Å². The standard InChI is InChI=1S/C23H34N4O3S/c1-17-22(31-16-24-17)23(30)27-12-6-4-7-19(27)18-9-13-25(14-10-18)21(29)15-26-11-5-2-3-8-20(26)28/h16,18-19H,2-15H2,1H3/t19-/m0/s1. The van der Waals surface area contributed by atoms with Crippen LogP contribution in [0.4, 0.5) is 0 Å². The third kappa shape index (κ3) is 5.10. The van der Waals surface area contributed by atoms with Gasteiger partial charge < -0.3 is 14.7 Å². The van der Waals surface area contributed by atoms with Crippen molar-refractivity contribution >= 4 is 29.1 Å². The molecule has 31 heavy (non-hydrogen) atoms. The number of hydrogen-bond acceptors (Lipinski definition) is 5. The van der Waals surface area contributed by atoms with Crippen molar-refractivity contribution in [3.8, 4) is 0 Å². The molecule has 0 spiro atoms. The Hall–Kier alpha value is -1.96. The average molecular weight is 447 g/mol. The van der Waals surface area contributed by atoms with Crippen molar-refractivity contribution in [3.05, 3.63) is 16.1 Å². The van der Waals surface area contributed by atoms with Crippen molar-refractivity contribution in [1.82, 2.24) is 19.7 Å². The Bertz CT molecular complexity index is 802. The molecule has 1 atom stereocenters. The number of rotatable bonds is 4. The minimum Gasteiger partial charge on any atom is -0.341 e. The highest BCUT2D eigenvalue weighted by molar-refractivity contribution is 7.11. The van der Waals surface area contributed by atoms with Crippen molar-refractivity contribution < 1.29 is 14.4 Å². The summed E-state index contributed by atoms with van der Waals surface area (Å²) >= 11 is 1.44. The Morgan fingerprint density at radius 3 is 2.55 bits per heavy atom. The molecule has 3 fully saturated rings. The number of carbonyl (C=O) groups excluding carboxylic acids is 3. The molecule has 0 unspecified atom stereocenters. The normalized spacial score (nSPS) is 23.7. The number of nitrogens with zero attached hydrogens (tertiary/aromatic N) is 4. The van der Waals surface area contributed by atoms with Crippen LogP contribution in [0.3, 0.4) is 0 Å². The second-order valence-corrected chi connectivity index (χ2v) is 10.0. The highest BCUT2D eigenvalue weighted by Crippen LogP contribution is 2.32. The molecule has 3 amide bonds. The highest BCUT2D eigenvalue weighted by Gasteiger charge is 2.37. The molecule has 7 nitrogen and oxygen atoms in total. The van der Waals surface area contributed by atoms with Crippen molar-refractivity contribution in [2.24, 2.45) is 5.92 Å². The molecular formula is C23H34N4O3S. The first kappa shape index (κ1) is 22.2. The third-order valence-electron chi connectivity index (χ3n) is 7.18. The van der Waals surface area contributed by atoms with Gasteiger partial charge in [0.05, 0.1) is 17.7 Å². The van der Waals surface area contributed by atoms with E-state index in [2.05, 4.69) is 9.88 Å². The van der Waals surface area contributed by atoms with Gasteiger partial charge in [0.2, 0.25) is 11.8 Å². The Morgan fingerprint density at radius 1 is 1.03 bits per heavy atom. The Morgan fingerprint density at radius 2 is 1.81 bits per heavy atom. The summed E-state index contributed by atoms with van der Waals surface area (Å²) in [6.07, 6.45) is 8.68. The van der Waals surface area contributed by atoms with E-state index in [1.807, 2.05) is 11.8 Å². The van der Waals surface area contributed by atoms with Gasteiger partial charge in [-0.1, -0.05) is 6.42 Å². The quantitative estimate of drug-likeness (QED) is 0.712. The predicted molar refractivity (Wildman–Crippen MR) is 120 cm³/mol. The summed E-state index contributed by atoms with van der Waals surface area (Å²) in [5, 5.41) is 0. The van der Waals surface area contributed by atoms with Crippen molar-refractivity contribution in [1.29, 1.82) is 0 Å². The van der Waals surface area contributed by atoms with Crippen LogP contribution in [0.5, 0.6) is 0 Å². The summed E-state index contributed by atoms with van der Waals surface area (Å²) in [6, 6.07) is 0.257. The first-order valence-electron chi connectivity index (χ1n) is 11.8. The topological polar surface area (TPSA) is 73.8 Å². The molecule has 4 rings (SSSR count). The van der Waals surface area contributed by atoms with E-state index in [1.54, 1.807) is 10.4 Å². The number of piperidine rings is 2. The van der Waals surface area contributed by atoms with Crippen LogP contribution in [-0.4, -0.2) is 76.2 Å². The van der Waals surface area contributed by atoms with Crippen LogP contribution in [0.2, 0.25) is 0 Å². The number of amides is 3. The predicted octanol–water partition coefficient (Wildman–Crippen LogP) is 3.09. The minimum absolute atomic E-state index is 0.0746. The number of likely N-dealkylation sites (tertiary alicyclic amines) is 3. The molecule has 0 aromatic carbocycles. The SMILES string of the molecule is Cc1ncsc1C(=O)N1CCCC[C@H]1C1CCN(C(=O)CN2CCCCCC2=O)CC1.